The molecular formula is C15H25N5O. The van der Waals surface area contributed by atoms with E-state index in [1.165, 1.54) is 32.1 Å². The van der Waals surface area contributed by atoms with Crippen molar-refractivity contribution in [1.82, 2.24) is 19.9 Å². The molecule has 0 spiro atoms. The number of aryl methyl sites for hydroxylation is 1. The second kappa shape index (κ2) is 6.03. The largest absolute Gasteiger partial charge is 0.323 e. The summed E-state index contributed by atoms with van der Waals surface area (Å²) in [4.78, 5) is 14.6. The highest BCUT2D eigenvalue weighted by molar-refractivity contribution is 5.89. The second-order valence-corrected chi connectivity index (χ2v) is 6.46. The van der Waals surface area contributed by atoms with Gasteiger partial charge in [-0.15, -0.1) is 5.10 Å². The molecule has 2 saturated carbocycles. The molecule has 1 heterocycles. The quantitative estimate of drug-likeness (QED) is 0.927. The van der Waals surface area contributed by atoms with Crippen molar-refractivity contribution in [3.8, 4) is 0 Å². The van der Waals surface area contributed by atoms with Crippen LogP contribution in [0.5, 0.6) is 0 Å². The van der Waals surface area contributed by atoms with Crippen LogP contribution in [0, 0.1) is 12.8 Å². The summed E-state index contributed by atoms with van der Waals surface area (Å²) in [5, 5.41) is 10.9. The summed E-state index contributed by atoms with van der Waals surface area (Å²) in [7, 11) is 1.83. The van der Waals surface area contributed by atoms with Gasteiger partial charge in [0.15, 0.2) is 5.82 Å². The molecule has 0 radical (unpaired) electrons. The molecule has 2 amide bonds. The number of nitrogens with zero attached hydrogens (tertiary/aromatic N) is 4. The molecule has 0 atom stereocenters. The van der Waals surface area contributed by atoms with Gasteiger partial charge in [-0.25, -0.2) is 4.79 Å². The van der Waals surface area contributed by atoms with E-state index in [0.717, 1.165) is 25.1 Å². The van der Waals surface area contributed by atoms with Gasteiger partial charge in [0, 0.05) is 19.6 Å². The van der Waals surface area contributed by atoms with Crippen LogP contribution in [0.25, 0.3) is 0 Å². The first-order valence-corrected chi connectivity index (χ1v) is 8.09. The summed E-state index contributed by atoms with van der Waals surface area (Å²) in [5.41, 5.74) is 0.886. The maximum atomic E-state index is 12.6. The monoisotopic (exact) mass is 291 g/mol. The molecule has 2 aliphatic rings. The van der Waals surface area contributed by atoms with Crippen LogP contribution in [0.15, 0.2) is 0 Å². The van der Waals surface area contributed by atoms with E-state index < -0.39 is 0 Å². The van der Waals surface area contributed by atoms with Gasteiger partial charge in [-0.1, -0.05) is 24.5 Å². The molecule has 6 nitrogen and oxygen atoms in total. The van der Waals surface area contributed by atoms with Crippen LogP contribution >= 0.6 is 0 Å². The number of rotatable bonds is 4. The zero-order valence-electron chi connectivity index (χ0n) is 13.0. The molecular weight excluding hydrogens is 266 g/mol. The van der Waals surface area contributed by atoms with E-state index in [0.29, 0.717) is 17.8 Å². The zero-order valence-corrected chi connectivity index (χ0v) is 13.0. The number of carbonyl (C=O) groups excluding carboxylic acids is 1. The van der Waals surface area contributed by atoms with E-state index in [4.69, 9.17) is 0 Å². The Morgan fingerprint density at radius 2 is 2.00 bits per heavy atom. The van der Waals surface area contributed by atoms with Crippen LogP contribution in [-0.4, -0.2) is 38.5 Å². The number of aromatic nitrogens is 3. The molecule has 1 aromatic heterocycles. The van der Waals surface area contributed by atoms with Gasteiger partial charge in [-0.2, -0.15) is 0 Å². The minimum absolute atomic E-state index is 0.00771. The normalized spacial score (nSPS) is 19.5. The highest BCUT2D eigenvalue weighted by Crippen LogP contribution is 2.31. The smallest absolute Gasteiger partial charge is 0.321 e. The Morgan fingerprint density at radius 3 is 2.57 bits per heavy atom. The minimum atomic E-state index is -0.00771. The van der Waals surface area contributed by atoms with Gasteiger partial charge in [-0.05, 0) is 38.5 Å². The van der Waals surface area contributed by atoms with E-state index in [1.807, 2.05) is 18.9 Å². The second-order valence-electron chi connectivity index (χ2n) is 6.46. The zero-order chi connectivity index (χ0) is 14.8. The molecule has 0 bridgehead atoms. The van der Waals surface area contributed by atoms with Gasteiger partial charge in [0.1, 0.15) is 0 Å². The first-order chi connectivity index (χ1) is 10.1. The first-order valence-electron chi connectivity index (χ1n) is 8.09. The van der Waals surface area contributed by atoms with Crippen molar-refractivity contribution in [2.75, 3.05) is 11.9 Å². The average molecular weight is 291 g/mol. The van der Waals surface area contributed by atoms with E-state index in [2.05, 4.69) is 15.6 Å². The standard InChI is InChI=1S/C15H25N5O/c1-11-14(17-18-19(11)2)16-15(21)20(13-8-9-13)10-12-6-4-3-5-7-12/h12-13H,3-10H2,1-2H3,(H,16,21). The number of urea groups is 1. The van der Waals surface area contributed by atoms with E-state index in [9.17, 15) is 4.79 Å². The first kappa shape index (κ1) is 14.4. The molecule has 0 aromatic carbocycles. The SMILES string of the molecule is Cc1c(NC(=O)N(CC2CCCCC2)C2CC2)nnn1C. The molecule has 6 heteroatoms. The molecule has 21 heavy (non-hydrogen) atoms. The Labute approximate surface area is 125 Å². The van der Waals surface area contributed by atoms with Gasteiger partial charge in [0.25, 0.3) is 0 Å². The number of nitrogens with one attached hydrogen (secondary N) is 1. The van der Waals surface area contributed by atoms with Gasteiger partial charge in [0.2, 0.25) is 0 Å². The molecule has 116 valence electrons. The van der Waals surface area contributed by atoms with Crippen LogP contribution in [0.4, 0.5) is 10.6 Å². The Hall–Kier alpha value is -1.59. The van der Waals surface area contributed by atoms with E-state index in [-0.39, 0.29) is 6.03 Å². The minimum Gasteiger partial charge on any atom is -0.321 e. The van der Waals surface area contributed by atoms with Crippen LogP contribution in [-0.2, 0) is 7.05 Å². The molecule has 0 unspecified atom stereocenters. The van der Waals surface area contributed by atoms with Crippen molar-refractivity contribution < 1.29 is 4.79 Å². The Bertz CT molecular complexity index is 502. The molecule has 1 N–H and O–H groups in total. The van der Waals surface area contributed by atoms with Crippen molar-refractivity contribution >= 4 is 11.8 Å². The third-order valence-electron chi connectivity index (χ3n) is 4.76. The molecule has 1 aromatic rings. The molecule has 2 aliphatic carbocycles. The number of anilines is 1. The lowest BCUT2D eigenvalue weighted by molar-refractivity contribution is 0.186. The van der Waals surface area contributed by atoms with E-state index >= 15 is 0 Å². The maximum absolute atomic E-state index is 12.6. The number of amides is 2. The molecule has 0 aliphatic heterocycles. The van der Waals surface area contributed by atoms with Crippen molar-refractivity contribution in [1.29, 1.82) is 0 Å². The van der Waals surface area contributed by atoms with Crippen LogP contribution in [0.1, 0.15) is 50.6 Å². The Kier molecular flexibility index (Phi) is 4.12. The van der Waals surface area contributed by atoms with Crippen LogP contribution < -0.4 is 5.32 Å². The Morgan fingerprint density at radius 1 is 1.29 bits per heavy atom. The lowest BCUT2D eigenvalue weighted by Gasteiger charge is -2.29. The summed E-state index contributed by atoms with van der Waals surface area (Å²) in [5.74, 6) is 1.25. The summed E-state index contributed by atoms with van der Waals surface area (Å²) < 4.78 is 1.68. The van der Waals surface area contributed by atoms with Crippen LogP contribution in [0.3, 0.4) is 0 Å². The summed E-state index contributed by atoms with van der Waals surface area (Å²) >= 11 is 0. The number of hydrogen-bond acceptors (Lipinski definition) is 3. The third-order valence-corrected chi connectivity index (χ3v) is 4.76. The molecule has 0 saturated heterocycles. The molecule has 2 fully saturated rings. The predicted octanol–water partition coefficient (Wildman–Crippen LogP) is 2.70. The van der Waals surface area contributed by atoms with Crippen molar-refractivity contribution in [3.05, 3.63) is 5.69 Å². The highest BCUT2D eigenvalue weighted by Gasteiger charge is 2.34. The fraction of sp³-hybridized carbons (Fsp3) is 0.800. The topological polar surface area (TPSA) is 63.1 Å². The third kappa shape index (κ3) is 3.36. The molecule has 3 rings (SSSR count). The van der Waals surface area contributed by atoms with Crippen molar-refractivity contribution in [2.24, 2.45) is 13.0 Å². The van der Waals surface area contributed by atoms with E-state index in [1.54, 1.807) is 4.68 Å². The van der Waals surface area contributed by atoms with Gasteiger partial charge >= 0.3 is 6.03 Å². The highest BCUT2D eigenvalue weighted by atomic mass is 16.2. The van der Waals surface area contributed by atoms with Gasteiger partial charge < -0.3 is 4.90 Å². The average Bonchev–Trinajstić information content (AvgIpc) is 3.28. The number of carbonyl (C=O) groups is 1. The van der Waals surface area contributed by atoms with Gasteiger partial charge in [0.05, 0.1) is 5.69 Å². The number of hydrogen-bond donors (Lipinski definition) is 1. The lowest BCUT2D eigenvalue weighted by atomic mass is 9.89. The fourth-order valence-electron chi connectivity index (χ4n) is 3.12. The van der Waals surface area contributed by atoms with Crippen molar-refractivity contribution in [2.45, 2.75) is 57.9 Å². The fourth-order valence-corrected chi connectivity index (χ4v) is 3.12. The lowest BCUT2D eigenvalue weighted by Crippen LogP contribution is -2.40. The summed E-state index contributed by atoms with van der Waals surface area (Å²) in [6.07, 6.45) is 8.79. The van der Waals surface area contributed by atoms with Crippen molar-refractivity contribution in [3.63, 3.8) is 0 Å². The summed E-state index contributed by atoms with van der Waals surface area (Å²) in [6, 6.07) is 0.426. The van der Waals surface area contributed by atoms with Gasteiger partial charge in [-0.3, -0.25) is 10.00 Å². The summed E-state index contributed by atoms with van der Waals surface area (Å²) in [6.45, 7) is 2.81. The Balaban J connectivity index is 1.63. The van der Waals surface area contributed by atoms with Crippen LogP contribution in [0.2, 0.25) is 0 Å². The maximum Gasteiger partial charge on any atom is 0.323 e. The predicted molar refractivity (Wildman–Crippen MR) is 81.1 cm³/mol.